The van der Waals surface area contributed by atoms with Gasteiger partial charge in [-0.05, 0) is 43.9 Å². The van der Waals surface area contributed by atoms with Crippen molar-refractivity contribution < 1.29 is 9.47 Å². The zero-order valence-electron chi connectivity index (χ0n) is 12.0. The molecule has 0 aromatic carbocycles. The van der Waals surface area contributed by atoms with E-state index in [0.29, 0.717) is 11.2 Å². The maximum Gasteiger partial charge on any atom is 0.177 e. The van der Waals surface area contributed by atoms with Crippen LogP contribution in [0.3, 0.4) is 0 Å². The van der Waals surface area contributed by atoms with Gasteiger partial charge in [-0.25, -0.2) is 0 Å². The summed E-state index contributed by atoms with van der Waals surface area (Å²) in [5.41, 5.74) is 0. The molecule has 0 bridgehead atoms. The summed E-state index contributed by atoms with van der Waals surface area (Å²) in [6, 6.07) is 2.37. The molecule has 110 valence electrons. The Balaban J connectivity index is 1.66. The van der Waals surface area contributed by atoms with Gasteiger partial charge in [0.1, 0.15) is 0 Å². The molecule has 1 aliphatic carbocycles. The molecule has 1 saturated carbocycles. The molecule has 3 nitrogen and oxygen atoms in total. The predicted octanol–water partition coefficient (Wildman–Crippen LogP) is 3.53. The Labute approximate surface area is 126 Å². The molecule has 0 spiro atoms. The lowest BCUT2D eigenvalue weighted by Crippen LogP contribution is -2.32. The van der Waals surface area contributed by atoms with Crippen LogP contribution in [-0.4, -0.2) is 31.0 Å². The van der Waals surface area contributed by atoms with Gasteiger partial charge < -0.3 is 9.47 Å². The summed E-state index contributed by atoms with van der Waals surface area (Å²) in [6.07, 6.45) is 14.6. The molecular weight excluding hydrogens is 270 g/mol. The lowest BCUT2D eigenvalue weighted by molar-refractivity contribution is -0.146. The fraction of sp³-hybridized carbons (Fsp3) is 0.688. The van der Waals surface area contributed by atoms with Crippen LogP contribution in [0.2, 0.25) is 0 Å². The summed E-state index contributed by atoms with van der Waals surface area (Å²) in [5, 5.41) is 9.33. The third kappa shape index (κ3) is 4.97. The Hall–Kier alpha value is -0.760. The summed E-state index contributed by atoms with van der Waals surface area (Å²) >= 11 is 1.79. The monoisotopic (exact) mass is 293 g/mol. The second-order valence-corrected chi connectivity index (χ2v) is 6.54. The molecule has 1 heterocycles. The van der Waals surface area contributed by atoms with Gasteiger partial charge in [0, 0.05) is 5.92 Å². The number of thioether (sulfide) groups is 1. The number of hydrogen-bond acceptors (Lipinski definition) is 4. The third-order valence-corrected chi connectivity index (χ3v) is 4.88. The maximum atomic E-state index is 8.86. The van der Waals surface area contributed by atoms with Crippen molar-refractivity contribution in [3.05, 3.63) is 24.3 Å². The van der Waals surface area contributed by atoms with E-state index in [4.69, 9.17) is 14.7 Å². The maximum absolute atomic E-state index is 8.86. The van der Waals surface area contributed by atoms with Gasteiger partial charge in [-0.2, -0.15) is 17.0 Å². The first-order valence-corrected chi connectivity index (χ1v) is 8.61. The number of ether oxygens (including phenoxy) is 2. The lowest BCUT2D eigenvalue weighted by Gasteiger charge is -2.26. The minimum absolute atomic E-state index is 0.197. The van der Waals surface area contributed by atoms with Crippen LogP contribution in [0.25, 0.3) is 0 Å². The molecule has 0 atom stereocenters. The van der Waals surface area contributed by atoms with E-state index in [1.807, 2.05) is 12.2 Å². The van der Waals surface area contributed by atoms with Crippen molar-refractivity contribution in [2.75, 3.05) is 19.5 Å². The van der Waals surface area contributed by atoms with Crippen molar-refractivity contribution in [3.8, 4) is 6.07 Å². The summed E-state index contributed by atoms with van der Waals surface area (Å²) in [5.74, 6) is 0.905. The van der Waals surface area contributed by atoms with Gasteiger partial charge in [0.25, 0.3) is 0 Å². The quantitative estimate of drug-likeness (QED) is 0.744. The second kappa shape index (κ2) is 8.51. The van der Waals surface area contributed by atoms with E-state index < -0.39 is 0 Å². The first-order valence-electron chi connectivity index (χ1n) is 7.32. The van der Waals surface area contributed by atoms with E-state index in [1.54, 1.807) is 11.8 Å². The smallest absolute Gasteiger partial charge is 0.177 e. The summed E-state index contributed by atoms with van der Waals surface area (Å²) in [7, 11) is 0. The molecule has 20 heavy (non-hydrogen) atoms. The van der Waals surface area contributed by atoms with Crippen LogP contribution in [0.5, 0.6) is 0 Å². The Morgan fingerprint density at radius 2 is 1.70 bits per heavy atom. The molecule has 0 amide bonds. The number of nitriles is 1. The molecule has 0 radical (unpaired) electrons. The zero-order valence-corrected chi connectivity index (χ0v) is 12.8. The molecule has 1 saturated heterocycles. The molecule has 0 aromatic rings. The van der Waals surface area contributed by atoms with Crippen LogP contribution in [0.4, 0.5) is 0 Å². The fourth-order valence-corrected chi connectivity index (χ4v) is 2.99. The third-order valence-electron chi connectivity index (χ3n) is 3.94. The minimum Gasteiger partial charge on any atom is -0.348 e. The highest BCUT2D eigenvalue weighted by molar-refractivity contribution is 7.99. The van der Waals surface area contributed by atoms with Crippen molar-refractivity contribution >= 4 is 11.8 Å². The molecule has 2 aliphatic rings. The zero-order chi connectivity index (χ0) is 14.2. The van der Waals surface area contributed by atoms with Gasteiger partial charge in [0.15, 0.2) is 6.29 Å². The van der Waals surface area contributed by atoms with Crippen molar-refractivity contribution in [2.45, 2.75) is 37.2 Å². The minimum atomic E-state index is -0.197. The normalized spacial score (nSPS) is 35.4. The molecular formula is C16H23NO2S. The van der Waals surface area contributed by atoms with Crippen LogP contribution in [0.15, 0.2) is 24.3 Å². The summed E-state index contributed by atoms with van der Waals surface area (Å²) < 4.78 is 11.2. The Bertz CT molecular complexity index is 372. The largest absolute Gasteiger partial charge is 0.348 e. The van der Waals surface area contributed by atoms with Crippen LogP contribution in [0.1, 0.15) is 25.7 Å². The fourth-order valence-electron chi connectivity index (χ4n) is 2.56. The van der Waals surface area contributed by atoms with Crippen LogP contribution in [0, 0.1) is 23.2 Å². The molecule has 4 heteroatoms. The van der Waals surface area contributed by atoms with Crippen LogP contribution in [-0.2, 0) is 9.47 Å². The molecule has 2 fully saturated rings. The van der Waals surface area contributed by atoms with E-state index >= 15 is 0 Å². The predicted molar refractivity (Wildman–Crippen MR) is 82.3 cm³/mol. The Morgan fingerprint density at radius 3 is 2.30 bits per heavy atom. The topological polar surface area (TPSA) is 42.2 Å². The second-order valence-electron chi connectivity index (χ2n) is 5.40. The van der Waals surface area contributed by atoms with E-state index in [1.165, 1.54) is 0 Å². The molecule has 0 aromatic heterocycles. The number of allylic oxidation sites excluding steroid dienone is 3. The van der Waals surface area contributed by atoms with E-state index in [2.05, 4.69) is 24.5 Å². The number of hydrogen-bond donors (Lipinski definition) is 0. The first kappa shape index (κ1) is 15.6. The SMILES string of the molecule is CSC1COC(/C=C/C=C/C2CCC(C#N)CC2)OC1. The molecule has 0 N–H and O–H groups in total. The van der Waals surface area contributed by atoms with E-state index in [0.717, 1.165) is 38.9 Å². The standard InChI is InChI=1S/C16H23NO2S/c1-20-15-11-18-16(19-12-15)5-3-2-4-13-6-8-14(10-17)9-7-13/h2-5,13-16H,6-9,11-12H2,1H3/b4-2+,5-3+. The Kier molecular flexibility index (Phi) is 6.65. The van der Waals surface area contributed by atoms with Crippen LogP contribution >= 0.6 is 11.8 Å². The van der Waals surface area contributed by atoms with Crippen LogP contribution < -0.4 is 0 Å². The Morgan fingerprint density at radius 1 is 1.05 bits per heavy atom. The van der Waals surface area contributed by atoms with Crippen molar-refractivity contribution in [3.63, 3.8) is 0 Å². The summed E-state index contributed by atoms with van der Waals surface area (Å²) in [6.45, 7) is 1.52. The van der Waals surface area contributed by atoms with Crippen molar-refractivity contribution in [1.29, 1.82) is 5.26 Å². The highest BCUT2D eigenvalue weighted by Crippen LogP contribution is 2.29. The van der Waals surface area contributed by atoms with Gasteiger partial charge in [-0.3, -0.25) is 0 Å². The molecule has 1 aliphatic heterocycles. The van der Waals surface area contributed by atoms with Gasteiger partial charge in [-0.15, -0.1) is 0 Å². The summed E-state index contributed by atoms with van der Waals surface area (Å²) in [4.78, 5) is 0. The average molecular weight is 293 g/mol. The van der Waals surface area contributed by atoms with Gasteiger partial charge in [-0.1, -0.05) is 18.2 Å². The van der Waals surface area contributed by atoms with Crippen molar-refractivity contribution in [2.24, 2.45) is 11.8 Å². The van der Waals surface area contributed by atoms with Gasteiger partial charge in [0.05, 0.1) is 24.5 Å². The first-order chi connectivity index (χ1) is 9.81. The van der Waals surface area contributed by atoms with E-state index in [9.17, 15) is 0 Å². The van der Waals surface area contributed by atoms with Crippen molar-refractivity contribution in [1.82, 2.24) is 0 Å². The van der Waals surface area contributed by atoms with Gasteiger partial charge >= 0.3 is 0 Å². The molecule has 0 unspecified atom stereocenters. The number of rotatable bonds is 4. The van der Waals surface area contributed by atoms with Gasteiger partial charge in [0.2, 0.25) is 0 Å². The number of nitrogens with zero attached hydrogens (tertiary/aromatic N) is 1. The highest BCUT2D eigenvalue weighted by Gasteiger charge is 2.19. The molecule has 2 rings (SSSR count). The average Bonchev–Trinajstić information content (AvgIpc) is 2.53. The van der Waals surface area contributed by atoms with E-state index in [-0.39, 0.29) is 12.2 Å². The highest BCUT2D eigenvalue weighted by atomic mass is 32.2. The lowest BCUT2D eigenvalue weighted by atomic mass is 9.82.